The van der Waals surface area contributed by atoms with Crippen LogP contribution in [0.1, 0.15) is 22.9 Å². The van der Waals surface area contributed by atoms with Gasteiger partial charge in [0.2, 0.25) is 5.91 Å². The molecule has 0 saturated carbocycles. The molecule has 0 radical (unpaired) electrons. The van der Waals surface area contributed by atoms with E-state index in [9.17, 15) is 9.59 Å². The summed E-state index contributed by atoms with van der Waals surface area (Å²) in [7, 11) is 2.91. The van der Waals surface area contributed by atoms with E-state index in [0.29, 0.717) is 5.75 Å². The Morgan fingerprint density at radius 3 is 2.67 bits per heavy atom. The topological polar surface area (TPSA) is 64.6 Å². The Hall–Kier alpha value is -2.60. The van der Waals surface area contributed by atoms with Gasteiger partial charge in [-0.3, -0.25) is 9.59 Å². The van der Waals surface area contributed by atoms with Crippen molar-refractivity contribution in [2.24, 2.45) is 0 Å². The monoisotopic (exact) mass is 345 g/mol. The first-order valence-corrected chi connectivity index (χ1v) is 8.24. The molecular formula is C18H19NO4S. The Balaban J connectivity index is 2.07. The summed E-state index contributed by atoms with van der Waals surface area (Å²) in [6, 6.07) is 10.7. The van der Waals surface area contributed by atoms with Crippen LogP contribution in [0.3, 0.4) is 0 Å². The van der Waals surface area contributed by atoms with E-state index in [1.165, 1.54) is 24.5 Å². The molecule has 1 unspecified atom stereocenters. The van der Waals surface area contributed by atoms with Gasteiger partial charge in [-0.15, -0.1) is 11.3 Å². The summed E-state index contributed by atoms with van der Waals surface area (Å²) >= 11 is 1.48. The summed E-state index contributed by atoms with van der Waals surface area (Å²) in [5, 5.41) is 4.73. The average molecular weight is 345 g/mol. The van der Waals surface area contributed by atoms with E-state index in [-0.39, 0.29) is 18.3 Å². The minimum atomic E-state index is -0.410. The molecule has 1 amide bonds. The number of ether oxygens (including phenoxy) is 2. The molecule has 0 aliphatic carbocycles. The van der Waals surface area contributed by atoms with Crippen LogP contribution in [0.15, 0.2) is 47.9 Å². The molecule has 1 heterocycles. The highest BCUT2D eigenvalue weighted by Crippen LogP contribution is 2.23. The third-order valence-electron chi connectivity index (χ3n) is 3.35. The number of hydrogen-bond acceptors (Lipinski definition) is 5. The van der Waals surface area contributed by atoms with Crippen LogP contribution in [0.2, 0.25) is 0 Å². The van der Waals surface area contributed by atoms with Gasteiger partial charge in [-0.1, -0.05) is 24.3 Å². The fourth-order valence-electron chi connectivity index (χ4n) is 2.15. The molecule has 24 heavy (non-hydrogen) atoms. The van der Waals surface area contributed by atoms with Gasteiger partial charge in [-0.05, 0) is 23.6 Å². The summed E-state index contributed by atoms with van der Waals surface area (Å²) in [4.78, 5) is 24.7. The number of methoxy groups -OCH3 is 2. The zero-order chi connectivity index (χ0) is 17.4. The minimum Gasteiger partial charge on any atom is -0.496 e. The van der Waals surface area contributed by atoms with Crippen LogP contribution in [0.5, 0.6) is 5.75 Å². The van der Waals surface area contributed by atoms with Gasteiger partial charge >= 0.3 is 5.97 Å². The van der Waals surface area contributed by atoms with Gasteiger partial charge in [0.05, 0.1) is 26.7 Å². The number of amides is 1. The van der Waals surface area contributed by atoms with Crippen molar-refractivity contribution in [3.05, 3.63) is 58.3 Å². The highest BCUT2D eigenvalue weighted by atomic mass is 32.1. The molecule has 0 fully saturated rings. The molecule has 6 heteroatoms. The molecule has 1 atom stereocenters. The van der Waals surface area contributed by atoms with Gasteiger partial charge in [-0.25, -0.2) is 0 Å². The molecule has 2 aromatic rings. The first kappa shape index (κ1) is 17.7. The van der Waals surface area contributed by atoms with E-state index < -0.39 is 6.04 Å². The van der Waals surface area contributed by atoms with Crippen LogP contribution in [-0.4, -0.2) is 26.1 Å². The predicted molar refractivity (Wildman–Crippen MR) is 93.9 cm³/mol. The number of esters is 1. The number of para-hydroxylation sites is 1. The SMILES string of the molecule is COC(=O)CC(NC(=O)/C=C/c1ccccc1OC)c1cccs1. The lowest BCUT2D eigenvalue weighted by Gasteiger charge is -2.15. The summed E-state index contributed by atoms with van der Waals surface area (Å²) in [6.07, 6.45) is 3.19. The van der Waals surface area contributed by atoms with E-state index in [4.69, 9.17) is 9.47 Å². The molecule has 1 aromatic carbocycles. The quantitative estimate of drug-likeness (QED) is 0.618. The first-order chi connectivity index (χ1) is 11.6. The summed E-state index contributed by atoms with van der Waals surface area (Å²) in [6.45, 7) is 0. The molecule has 0 aliphatic rings. The molecule has 5 nitrogen and oxygen atoms in total. The van der Waals surface area contributed by atoms with Gasteiger partial charge < -0.3 is 14.8 Å². The predicted octanol–water partition coefficient (Wildman–Crippen LogP) is 3.19. The van der Waals surface area contributed by atoms with Crippen molar-refractivity contribution in [2.45, 2.75) is 12.5 Å². The Morgan fingerprint density at radius 1 is 1.21 bits per heavy atom. The van der Waals surface area contributed by atoms with E-state index >= 15 is 0 Å². The van der Waals surface area contributed by atoms with Crippen LogP contribution >= 0.6 is 11.3 Å². The highest BCUT2D eigenvalue weighted by molar-refractivity contribution is 7.10. The number of hydrogen-bond donors (Lipinski definition) is 1. The summed E-state index contributed by atoms with van der Waals surface area (Å²) in [5.74, 6) is 0.0246. The van der Waals surface area contributed by atoms with Crippen molar-refractivity contribution >= 4 is 29.3 Å². The van der Waals surface area contributed by atoms with E-state index in [2.05, 4.69) is 5.32 Å². The number of carbonyl (C=O) groups is 2. The van der Waals surface area contributed by atoms with Crippen molar-refractivity contribution in [1.29, 1.82) is 0 Å². The van der Waals surface area contributed by atoms with Crippen molar-refractivity contribution in [1.82, 2.24) is 5.32 Å². The van der Waals surface area contributed by atoms with E-state index in [1.807, 2.05) is 41.8 Å². The lowest BCUT2D eigenvalue weighted by molar-refractivity contribution is -0.141. The van der Waals surface area contributed by atoms with Gasteiger partial charge in [0.15, 0.2) is 0 Å². The normalized spacial score (nSPS) is 11.9. The van der Waals surface area contributed by atoms with Gasteiger partial charge in [0, 0.05) is 16.5 Å². The Bertz CT molecular complexity index is 710. The molecule has 0 saturated heterocycles. The summed E-state index contributed by atoms with van der Waals surface area (Å²) in [5.41, 5.74) is 0.802. The third-order valence-corrected chi connectivity index (χ3v) is 4.34. The fourth-order valence-corrected chi connectivity index (χ4v) is 2.93. The van der Waals surface area contributed by atoms with Gasteiger partial charge in [0.1, 0.15) is 5.75 Å². The second kappa shape index (κ2) is 8.88. The lowest BCUT2D eigenvalue weighted by atomic mass is 10.1. The number of nitrogens with one attached hydrogen (secondary N) is 1. The highest BCUT2D eigenvalue weighted by Gasteiger charge is 2.18. The largest absolute Gasteiger partial charge is 0.496 e. The van der Waals surface area contributed by atoms with Crippen LogP contribution in [-0.2, 0) is 14.3 Å². The molecule has 0 bridgehead atoms. The van der Waals surface area contributed by atoms with Crippen LogP contribution < -0.4 is 10.1 Å². The van der Waals surface area contributed by atoms with Gasteiger partial charge in [-0.2, -0.15) is 0 Å². The molecule has 0 spiro atoms. The zero-order valence-corrected chi connectivity index (χ0v) is 14.3. The Kier molecular flexibility index (Phi) is 6.57. The Morgan fingerprint density at radius 2 is 2.00 bits per heavy atom. The fraction of sp³-hybridized carbons (Fsp3) is 0.222. The van der Waals surface area contributed by atoms with Crippen molar-refractivity contribution < 1.29 is 19.1 Å². The smallest absolute Gasteiger partial charge is 0.307 e. The zero-order valence-electron chi connectivity index (χ0n) is 13.5. The second-order valence-corrected chi connectivity index (χ2v) is 5.91. The number of rotatable bonds is 7. The molecule has 0 aliphatic heterocycles. The number of carbonyl (C=O) groups excluding carboxylic acids is 2. The van der Waals surface area contributed by atoms with Crippen LogP contribution in [0, 0.1) is 0 Å². The maximum atomic E-state index is 12.2. The molecule has 2 rings (SSSR count). The van der Waals surface area contributed by atoms with Crippen molar-refractivity contribution in [3.63, 3.8) is 0 Å². The van der Waals surface area contributed by atoms with Gasteiger partial charge in [0.25, 0.3) is 0 Å². The minimum absolute atomic E-state index is 0.0885. The Labute approximate surface area is 144 Å². The lowest BCUT2D eigenvalue weighted by Crippen LogP contribution is -2.28. The maximum absolute atomic E-state index is 12.2. The maximum Gasteiger partial charge on any atom is 0.307 e. The van der Waals surface area contributed by atoms with Crippen molar-refractivity contribution in [3.8, 4) is 5.75 Å². The summed E-state index contributed by atoms with van der Waals surface area (Å²) < 4.78 is 9.94. The van der Waals surface area contributed by atoms with Crippen LogP contribution in [0.4, 0.5) is 0 Å². The van der Waals surface area contributed by atoms with Crippen molar-refractivity contribution in [2.75, 3.05) is 14.2 Å². The number of benzene rings is 1. The van der Waals surface area contributed by atoms with E-state index in [1.54, 1.807) is 13.2 Å². The number of thiophene rings is 1. The third kappa shape index (κ3) is 4.96. The van der Waals surface area contributed by atoms with Crippen LogP contribution in [0.25, 0.3) is 6.08 Å². The van der Waals surface area contributed by atoms with E-state index in [0.717, 1.165) is 10.4 Å². The second-order valence-electron chi connectivity index (χ2n) is 4.93. The molecule has 1 aromatic heterocycles. The molecule has 126 valence electrons. The molecular weight excluding hydrogens is 326 g/mol. The molecule has 1 N–H and O–H groups in total. The standard InChI is InChI=1S/C18H19NO4S/c1-22-15-7-4-3-6-13(15)9-10-17(20)19-14(12-18(21)23-2)16-8-5-11-24-16/h3-11,14H,12H2,1-2H3,(H,19,20)/b10-9+. The first-order valence-electron chi connectivity index (χ1n) is 7.36. The average Bonchev–Trinajstić information content (AvgIpc) is 3.14.